The number of likely N-dealkylation sites (N-methyl/N-ethyl adjacent to an activating group) is 1. The minimum atomic E-state index is 0.476. The molecule has 20 heavy (non-hydrogen) atoms. The summed E-state index contributed by atoms with van der Waals surface area (Å²) >= 11 is 0. The Balaban J connectivity index is 2.57. The maximum Gasteiger partial charge on any atom is 0.0624 e. The number of aryl methyl sites for hydroxylation is 2. The van der Waals surface area contributed by atoms with E-state index in [-0.39, 0.29) is 0 Å². The van der Waals surface area contributed by atoms with Gasteiger partial charge in [0.05, 0.1) is 5.69 Å². The van der Waals surface area contributed by atoms with E-state index in [1.165, 1.54) is 11.4 Å². The summed E-state index contributed by atoms with van der Waals surface area (Å²) in [5, 5.41) is 8.19. The van der Waals surface area contributed by atoms with Crippen LogP contribution in [0.15, 0.2) is 6.07 Å². The number of rotatable bonds is 11. The van der Waals surface area contributed by atoms with Crippen molar-refractivity contribution in [3.63, 3.8) is 0 Å². The van der Waals surface area contributed by atoms with Crippen LogP contribution in [0.25, 0.3) is 0 Å². The smallest absolute Gasteiger partial charge is 0.0624 e. The van der Waals surface area contributed by atoms with Crippen LogP contribution >= 0.6 is 0 Å². The largest absolute Gasteiger partial charge is 0.381 e. The van der Waals surface area contributed by atoms with E-state index in [1.54, 1.807) is 0 Å². The van der Waals surface area contributed by atoms with Crippen LogP contribution in [0.3, 0.4) is 0 Å². The second-order valence-corrected chi connectivity index (χ2v) is 5.16. The van der Waals surface area contributed by atoms with E-state index in [0.29, 0.717) is 6.04 Å². The van der Waals surface area contributed by atoms with Gasteiger partial charge in [-0.15, -0.1) is 0 Å². The van der Waals surface area contributed by atoms with Gasteiger partial charge in [0.15, 0.2) is 0 Å². The molecule has 0 aliphatic rings. The molecule has 0 fully saturated rings. The first-order valence-corrected chi connectivity index (χ1v) is 8.11. The van der Waals surface area contributed by atoms with Gasteiger partial charge in [-0.25, -0.2) is 0 Å². The minimum absolute atomic E-state index is 0.476. The summed E-state index contributed by atoms with van der Waals surface area (Å²) in [6, 6.07) is 2.73. The number of hydrogen-bond acceptors (Lipinski definition) is 3. The molecule has 1 N–H and O–H groups in total. The lowest BCUT2D eigenvalue weighted by Gasteiger charge is -2.18. The van der Waals surface area contributed by atoms with Crippen LogP contribution in [-0.2, 0) is 24.1 Å². The van der Waals surface area contributed by atoms with Crippen LogP contribution in [0, 0.1) is 0 Å². The van der Waals surface area contributed by atoms with Gasteiger partial charge in [0.25, 0.3) is 0 Å². The summed E-state index contributed by atoms with van der Waals surface area (Å²) in [5.41, 5.74) is 2.53. The predicted molar refractivity (Wildman–Crippen MR) is 84.2 cm³/mol. The normalized spacial score (nSPS) is 12.8. The third-order valence-electron chi connectivity index (χ3n) is 3.48. The highest BCUT2D eigenvalue weighted by Gasteiger charge is 2.13. The summed E-state index contributed by atoms with van der Waals surface area (Å²) in [7, 11) is 0. The molecule has 1 heterocycles. The number of aromatic nitrogens is 2. The fourth-order valence-corrected chi connectivity index (χ4v) is 2.42. The van der Waals surface area contributed by atoms with Crippen molar-refractivity contribution in [3.8, 4) is 0 Å². The van der Waals surface area contributed by atoms with E-state index in [0.717, 1.165) is 52.0 Å². The highest BCUT2D eigenvalue weighted by molar-refractivity contribution is 5.12. The Morgan fingerprint density at radius 1 is 1.25 bits per heavy atom. The first-order valence-electron chi connectivity index (χ1n) is 8.11. The topological polar surface area (TPSA) is 39.1 Å². The molecule has 1 rings (SSSR count). The van der Waals surface area contributed by atoms with Crippen molar-refractivity contribution in [2.75, 3.05) is 19.8 Å². The molecule has 0 spiro atoms. The molecule has 1 aromatic heterocycles. The first-order chi connectivity index (χ1) is 9.74. The summed E-state index contributed by atoms with van der Waals surface area (Å²) in [4.78, 5) is 0. The molecule has 4 nitrogen and oxygen atoms in total. The zero-order chi connectivity index (χ0) is 14.8. The highest BCUT2D eigenvalue weighted by Crippen LogP contribution is 2.10. The molecule has 1 atom stereocenters. The average Bonchev–Trinajstić information content (AvgIpc) is 2.86. The molecule has 0 saturated heterocycles. The molecule has 4 heteroatoms. The zero-order valence-corrected chi connectivity index (χ0v) is 13.6. The molecular formula is C16H31N3O. The monoisotopic (exact) mass is 281 g/mol. The van der Waals surface area contributed by atoms with E-state index < -0.39 is 0 Å². The number of nitrogens with zero attached hydrogens (tertiary/aromatic N) is 2. The minimum Gasteiger partial charge on any atom is -0.381 e. The third kappa shape index (κ3) is 5.63. The quantitative estimate of drug-likeness (QED) is 0.634. The lowest BCUT2D eigenvalue weighted by Crippen LogP contribution is -2.33. The van der Waals surface area contributed by atoms with Crippen LogP contribution in [0.1, 0.15) is 51.9 Å². The van der Waals surface area contributed by atoms with Crippen molar-refractivity contribution in [3.05, 3.63) is 17.5 Å². The molecular weight excluding hydrogens is 250 g/mol. The van der Waals surface area contributed by atoms with Gasteiger partial charge in [0.2, 0.25) is 0 Å². The van der Waals surface area contributed by atoms with Crippen LogP contribution in [-0.4, -0.2) is 35.6 Å². The number of ether oxygens (including phenoxy) is 1. The van der Waals surface area contributed by atoms with E-state index in [1.807, 2.05) is 0 Å². The van der Waals surface area contributed by atoms with Crippen molar-refractivity contribution < 1.29 is 4.74 Å². The van der Waals surface area contributed by atoms with Gasteiger partial charge in [-0.1, -0.05) is 20.8 Å². The van der Waals surface area contributed by atoms with E-state index in [9.17, 15) is 0 Å². The third-order valence-corrected chi connectivity index (χ3v) is 3.48. The Kier molecular flexibility index (Phi) is 8.54. The molecule has 0 saturated carbocycles. The maximum atomic E-state index is 5.62. The van der Waals surface area contributed by atoms with Crippen molar-refractivity contribution in [1.29, 1.82) is 0 Å². The molecule has 0 bridgehead atoms. The summed E-state index contributed by atoms with van der Waals surface area (Å²) in [6.07, 6.45) is 4.19. The predicted octanol–water partition coefficient (Wildman–Crippen LogP) is 2.80. The molecule has 1 aromatic rings. The fourth-order valence-electron chi connectivity index (χ4n) is 2.42. The molecule has 116 valence electrons. The van der Waals surface area contributed by atoms with E-state index in [2.05, 4.69) is 48.9 Å². The van der Waals surface area contributed by atoms with Crippen LogP contribution in [0.4, 0.5) is 0 Å². The Bertz CT molecular complexity index is 363. The maximum absolute atomic E-state index is 5.62. The fraction of sp³-hybridized carbons (Fsp3) is 0.812. The van der Waals surface area contributed by atoms with E-state index in [4.69, 9.17) is 4.74 Å². The first kappa shape index (κ1) is 17.2. The van der Waals surface area contributed by atoms with Crippen LogP contribution in [0.5, 0.6) is 0 Å². The Labute approximate surface area is 123 Å². The Morgan fingerprint density at radius 2 is 2.05 bits per heavy atom. The van der Waals surface area contributed by atoms with Gasteiger partial charge < -0.3 is 10.1 Å². The van der Waals surface area contributed by atoms with E-state index >= 15 is 0 Å². The van der Waals surface area contributed by atoms with Crippen LogP contribution in [0.2, 0.25) is 0 Å². The molecule has 0 aliphatic heterocycles. The summed E-state index contributed by atoms with van der Waals surface area (Å²) < 4.78 is 7.75. The highest BCUT2D eigenvalue weighted by atomic mass is 16.5. The standard InChI is InChI=1S/C16H31N3O/c1-5-10-20-11-9-15(17-7-3)13-16-12-14(6-2)18-19(16)8-4/h12,15,17H,5-11,13H2,1-4H3. The van der Waals surface area contributed by atoms with Gasteiger partial charge in [-0.05, 0) is 38.8 Å². The summed E-state index contributed by atoms with van der Waals surface area (Å²) in [5.74, 6) is 0. The lowest BCUT2D eigenvalue weighted by molar-refractivity contribution is 0.124. The Morgan fingerprint density at radius 3 is 2.65 bits per heavy atom. The van der Waals surface area contributed by atoms with Crippen molar-refractivity contribution in [2.24, 2.45) is 0 Å². The lowest BCUT2D eigenvalue weighted by atomic mass is 10.1. The SMILES string of the molecule is CCCOCCC(Cc1cc(CC)nn1CC)NCC. The van der Waals surface area contributed by atoms with Crippen molar-refractivity contribution in [2.45, 2.75) is 66.0 Å². The van der Waals surface area contributed by atoms with Crippen LogP contribution < -0.4 is 5.32 Å². The second kappa shape index (κ2) is 9.94. The molecule has 0 amide bonds. The molecule has 0 aromatic carbocycles. The van der Waals surface area contributed by atoms with Gasteiger partial charge in [-0.3, -0.25) is 4.68 Å². The van der Waals surface area contributed by atoms with Gasteiger partial charge in [-0.2, -0.15) is 5.10 Å². The second-order valence-electron chi connectivity index (χ2n) is 5.16. The zero-order valence-electron chi connectivity index (χ0n) is 13.6. The number of nitrogens with one attached hydrogen (secondary N) is 1. The number of hydrogen-bond donors (Lipinski definition) is 1. The van der Waals surface area contributed by atoms with Gasteiger partial charge >= 0.3 is 0 Å². The summed E-state index contributed by atoms with van der Waals surface area (Å²) in [6.45, 7) is 12.3. The van der Waals surface area contributed by atoms with Gasteiger partial charge in [0, 0.05) is 37.9 Å². The molecule has 0 radical (unpaired) electrons. The molecule has 0 aliphatic carbocycles. The molecule has 1 unspecified atom stereocenters. The van der Waals surface area contributed by atoms with Crippen molar-refractivity contribution >= 4 is 0 Å². The van der Waals surface area contributed by atoms with Crippen molar-refractivity contribution in [1.82, 2.24) is 15.1 Å². The Hall–Kier alpha value is -0.870. The average molecular weight is 281 g/mol. The van der Waals surface area contributed by atoms with Gasteiger partial charge in [0.1, 0.15) is 0 Å².